The number of aliphatic hydroxyl groups excluding tert-OH is 11. The van der Waals surface area contributed by atoms with E-state index < -0.39 is 124 Å². The number of hydrogen-bond acceptors (Lipinski definition) is 18. The maximum absolute atomic E-state index is 12.6. The van der Waals surface area contributed by atoms with E-state index in [9.17, 15) is 61.0 Å². The molecule has 0 aromatic carbocycles. The van der Waals surface area contributed by atoms with E-state index in [1.54, 1.807) is 12.2 Å². The van der Waals surface area contributed by atoms with Crippen LogP contribution in [0.5, 0.6) is 0 Å². The molecular weight excluding hydrogens is 867 g/mol. The number of ether oxygens (including phenoxy) is 6. The van der Waals surface area contributed by atoms with Gasteiger partial charge in [0.05, 0.1) is 38.6 Å². The molecule has 1 amide bonds. The Kier molecular flexibility index (Phi) is 28.9. The number of carbonyl (C=O) groups excluding carboxylic acids is 1. The average Bonchev–Trinajstić information content (AvgIpc) is 3.31. The topological polar surface area (TPSA) is 307 Å². The Balaban J connectivity index is 1.46. The fourth-order valence-corrected chi connectivity index (χ4v) is 8.09. The molecule has 17 atom stereocenters. The number of hydrogen-bond donors (Lipinski definition) is 12. The highest BCUT2D eigenvalue weighted by molar-refractivity contribution is 5.76. The van der Waals surface area contributed by atoms with Gasteiger partial charge in [-0.3, -0.25) is 4.79 Å². The van der Waals surface area contributed by atoms with Crippen molar-refractivity contribution >= 4 is 5.91 Å². The van der Waals surface area contributed by atoms with Gasteiger partial charge in [-0.1, -0.05) is 108 Å². The lowest BCUT2D eigenvalue weighted by Gasteiger charge is -2.48. The van der Waals surface area contributed by atoms with Crippen molar-refractivity contribution in [2.75, 3.05) is 26.4 Å². The summed E-state index contributed by atoms with van der Waals surface area (Å²) >= 11 is 0. The third-order valence-electron chi connectivity index (χ3n) is 12.1. The summed E-state index contributed by atoms with van der Waals surface area (Å²) in [5, 5.41) is 118. The molecule has 0 aromatic rings. The lowest BCUT2D eigenvalue weighted by molar-refractivity contribution is -0.379. The predicted molar refractivity (Wildman–Crippen MR) is 240 cm³/mol. The molecule has 0 bridgehead atoms. The molecule has 19 nitrogen and oxygen atoms in total. The third-order valence-corrected chi connectivity index (χ3v) is 12.1. The summed E-state index contributed by atoms with van der Waals surface area (Å²) in [4.78, 5) is 12.6. The van der Waals surface area contributed by atoms with E-state index in [1.165, 1.54) is 64.2 Å². The van der Waals surface area contributed by atoms with Crippen LogP contribution in [0, 0.1) is 0 Å². The highest BCUT2D eigenvalue weighted by atomic mass is 16.8. The number of rotatable bonds is 32. The summed E-state index contributed by atoms with van der Waals surface area (Å²) in [6.45, 7) is 1.26. The zero-order valence-electron chi connectivity index (χ0n) is 38.9. The van der Waals surface area contributed by atoms with Crippen LogP contribution in [0.3, 0.4) is 0 Å². The van der Waals surface area contributed by atoms with E-state index in [0.717, 1.165) is 25.7 Å². The number of amides is 1. The molecule has 3 rings (SSSR count). The first kappa shape index (κ1) is 58.3. The Hall–Kier alpha value is -1.99. The molecule has 3 aliphatic rings. The zero-order chi connectivity index (χ0) is 48.4. The van der Waals surface area contributed by atoms with E-state index in [0.29, 0.717) is 12.8 Å². The fourth-order valence-electron chi connectivity index (χ4n) is 8.09. The van der Waals surface area contributed by atoms with Crippen molar-refractivity contribution in [1.82, 2.24) is 5.32 Å². The van der Waals surface area contributed by atoms with Crippen molar-refractivity contribution in [2.45, 2.75) is 227 Å². The SMILES string of the molecule is CCCCCCCCCCCC/C=C/CC/C=C/CC/C=C/C(O)C(COC1OC(CO)C(OC2OC(CO)C(OC3OC(CO)C(O)C(O)C3O)C(O)C2O)C(O)C1O)NC(=O)CCC. The van der Waals surface area contributed by atoms with Crippen LogP contribution in [0.15, 0.2) is 36.5 Å². The van der Waals surface area contributed by atoms with Crippen LogP contribution in [0.25, 0.3) is 0 Å². The highest BCUT2D eigenvalue weighted by Gasteiger charge is 2.53. The van der Waals surface area contributed by atoms with Crippen molar-refractivity contribution in [1.29, 1.82) is 0 Å². The highest BCUT2D eigenvalue weighted by Crippen LogP contribution is 2.33. The van der Waals surface area contributed by atoms with Crippen LogP contribution in [0.2, 0.25) is 0 Å². The van der Waals surface area contributed by atoms with Gasteiger partial charge in [0.1, 0.15) is 73.2 Å². The number of allylic oxidation sites excluding steroid dienone is 5. The smallest absolute Gasteiger partial charge is 0.220 e. The average molecular weight is 950 g/mol. The van der Waals surface area contributed by atoms with Crippen molar-refractivity contribution in [3.8, 4) is 0 Å². The van der Waals surface area contributed by atoms with Crippen molar-refractivity contribution in [3.05, 3.63) is 36.5 Å². The van der Waals surface area contributed by atoms with E-state index in [2.05, 4.69) is 36.5 Å². The van der Waals surface area contributed by atoms with Gasteiger partial charge in [-0.15, -0.1) is 0 Å². The Bertz CT molecular complexity index is 1370. The van der Waals surface area contributed by atoms with Crippen molar-refractivity contribution in [2.24, 2.45) is 0 Å². The zero-order valence-corrected chi connectivity index (χ0v) is 38.9. The van der Waals surface area contributed by atoms with Gasteiger partial charge in [0.15, 0.2) is 18.9 Å². The summed E-state index contributed by atoms with van der Waals surface area (Å²) in [5.41, 5.74) is 0. The molecule has 3 saturated heterocycles. The van der Waals surface area contributed by atoms with Crippen LogP contribution in [0.4, 0.5) is 0 Å². The number of nitrogens with one attached hydrogen (secondary N) is 1. The maximum Gasteiger partial charge on any atom is 0.220 e. The van der Waals surface area contributed by atoms with Crippen LogP contribution in [0.1, 0.15) is 123 Å². The Morgan fingerprint density at radius 2 is 0.970 bits per heavy atom. The van der Waals surface area contributed by atoms with Gasteiger partial charge in [0.2, 0.25) is 5.91 Å². The largest absolute Gasteiger partial charge is 0.394 e. The third kappa shape index (κ3) is 19.1. The molecule has 0 spiro atoms. The second-order valence-corrected chi connectivity index (χ2v) is 17.6. The first-order valence-corrected chi connectivity index (χ1v) is 24.2. The van der Waals surface area contributed by atoms with Crippen LogP contribution < -0.4 is 5.32 Å². The quantitative estimate of drug-likeness (QED) is 0.0325. The number of unbranched alkanes of at least 4 members (excludes halogenated alkanes) is 12. The van der Waals surface area contributed by atoms with Gasteiger partial charge in [-0.25, -0.2) is 0 Å². The second-order valence-electron chi connectivity index (χ2n) is 17.6. The summed E-state index contributed by atoms with van der Waals surface area (Å²) in [6.07, 6.45) is 3.68. The number of carbonyl (C=O) groups is 1. The molecule has 0 saturated carbocycles. The van der Waals surface area contributed by atoms with Gasteiger partial charge in [0, 0.05) is 6.42 Å². The van der Waals surface area contributed by atoms with Gasteiger partial charge in [0.25, 0.3) is 0 Å². The van der Waals surface area contributed by atoms with Gasteiger partial charge in [-0.05, 0) is 44.9 Å². The molecule has 3 aliphatic heterocycles. The van der Waals surface area contributed by atoms with Gasteiger partial charge < -0.3 is 89.9 Å². The summed E-state index contributed by atoms with van der Waals surface area (Å²) in [5.74, 6) is -0.346. The monoisotopic (exact) mass is 950 g/mol. The van der Waals surface area contributed by atoms with Gasteiger partial charge in [-0.2, -0.15) is 0 Å². The maximum atomic E-state index is 12.6. The summed E-state index contributed by atoms with van der Waals surface area (Å²) < 4.78 is 33.7. The standard InChI is InChI=1S/C47H83NO18/c1-3-5-6-7-8-9-10-11-12-13-14-15-16-17-18-19-20-21-22-23-25-31(52)30(48-35(53)24-4-2)29-61-45-41(59)38(56)43(33(27-50)63-45)66-47-42(60)39(57)44(34(28-51)64-47)65-46-40(58)37(55)36(54)32(26-49)62-46/h15-16,19-20,23,25,30-34,36-47,49-52,54-60H,3-14,17-18,21-22,24,26-29H2,1-2H3,(H,48,53)/b16-15+,20-19+,25-23+. The minimum atomic E-state index is -1.98. The minimum Gasteiger partial charge on any atom is -0.394 e. The molecule has 3 heterocycles. The Morgan fingerprint density at radius 3 is 1.48 bits per heavy atom. The van der Waals surface area contributed by atoms with Gasteiger partial charge >= 0.3 is 0 Å². The molecular formula is C47H83NO18. The van der Waals surface area contributed by atoms with E-state index in [1.807, 2.05) is 6.92 Å². The van der Waals surface area contributed by atoms with Crippen LogP contribution in [-0.4, -0.2) is 193 Å². The van der Waals surface area contributed by atoms with Crippen molar-refractivity contribution in [3.63, 3.8) is 0 Å². The predicted octanol–water partition coefficient (Wildman–Crippen LogP) is 0.637. The molecule has 0 aliphatic carbocycles. The fraction of sp³-hybridized carbons (Fsp3) is 0.851. The Labute approximate surface area is 390 Å². The molecule has 17 unspecified atom stereocenters. The molecule has 19 heteroatoms. The molecule has 0 aromatic heterocycles. The molecule has 0 radical (unpaired) electrons. The first-order valence-electron chi connectivity index (χ1n) is 24.2. The minimum absolute atomic E-state index is 0.181. The van der Waals surface area contributed by atoms with Crippen LogP contribution >= 0.6 is 0 Å². The molecule has 12 N–H and O–H groups in total. The summed E-state index contributed by atoms with van der Waals surface area (Å²) in [6, 6.07) is -0.988. The Morgan fingerprint density at radius 1 is 0.530 bits per heavy atom. The van der Waals surface area contributed by atoms with Crippen molar-refractivity contribution < 1.29 is 89.4 Å². The lowest BCUT2D eigenvalue weighted by atomic mass is 9.96. The summed E-state index contributed by atoms with van der Waals surface area (Å²) in [7, 11) is 0. The normalized spacial score (nSPS) is 34.1. The molecule has 66 heavy (non-hydrogen) atoms. The van der Waals surface area contributed by atoms with E-state index >= 15 is 0 Å². The van der Waals surface area contributed by atoms with Crippen LogP contribution in [-0.2, 0) is 33.2 Å². The molecule has 3 fully saturated rings. The van der Waals surface area contributed by atoms with E-state index in [4.69, 9.17) is 28.4 Å². The lowest BCUT2D eigenvalue weighted by Crippen LogP contribution is -2.66. The number of aliphatic hydroxyl groups is 11. The van der Waals surface area contributed by atoms with E-state index in [-0.39, 0.29) is 18.9 Å². The first-order chi connectivity index (χ1) is 31.8. The second kappa shape index (κ2) is 32.8. The molecule has 384 valence electrons.